The second-order valence-electron chi connectivity index (χ2n) is 6.24. The maximum Gasteiger partial charge on any atom is 0.337 e. The van der Waals surface area contributed by atoms with E-state index in [4.69, 9.17) is 27.6 Å². The first-order valence-corrected chi connectivity index (χ1v) is 9.37. The SMILES string of the molecule is Cc1c(Cl)cccc1NC(=O)/C(C#N)=C/c1ccc(-c2ccc(Cl)c(C(=O)O)c2)o1. The number of anilines is 1. The number of carboxylic acids is 1. The zero-order valence-electron chi connectivity index (χ0n) is 15.6. The summed E-state index contributed by atoms with van der Waals surface area (Å²) in [6.07, 6.45) is 1.30. The summed E-state index contributed by atoms with van der Waals surface area (Å²) in [6.45, 7) is 1.75. The number of hydrogen-bond acceptors (Lipinski definition) is 4. The number of aromatic carboxylic acids is 1. The number of hydrogen-bond donors (Lipinski definition) is 2. The van der Waals surface area contributed by atoms with Crippen molar-refractivity contribution in [2.45, 2.75) is 6.92 Å². The Hall–Kier alpha value is -3.53. The molecule has 0 bridgehead atoms. The van der Waals surface area contributed by atoms with Crippen LogP contribution >= 0.6 is 23.2 Å². The maximum atomic E-state index is 12.5. The molecule has 0 aliphatic carbocycles. The minimum absolute atomic E-state index is 0.0587. The highest BCUT2D eigenvalue weighted by molar-refractivity contribution is 6.33. The Morgan fingerprint density at radius 2 is 1.90 bits per heavy atom. The van der Waals surface area contributed by atoms with Crippen LogP contribution in [0.4, 0.5) is 5.69 Å². The second kappa shape index (κ2) is 8.87. The topological polar surface area (TPSA) is 103 Å². The molecule has 1 aromatic heterocycles. The molecule has 6 nitrogen and oxygen atoms in total. The van der Waals surface area contributed by atoms with Crippen molar-refractivity contribution < 1.29 is 19.1 Å². The quantitative estimate of drug-likeness (QED) is 0.385. The zero-order chi connectivity index (χ0) is 21.8. The molecule has 0 aliphatic rings. The molecule has 30 heavy (non-hydrogen) atoms. The molecule has 0 saturated heterocycles. The Kier molecular flexibility index (Phi) is 6.26. The fourth-order valence-corrected chi connectivity index (χ4v) is 3.02. The van der Waals surface area contributed by atoms with Crippen LogP contribution in [0, 0.1) is 18.3 Å². The number of nitriles is 1. The van der Waals surface area contributed by atoms with Crippen LogP contribution in [0.15, 0.2) is 58.5 Å². The normalized spacial score (nSPS) is 11.1. The highest BCUT2D eigenvalue weighted by atomic mass is 35.5. The van der Waals surface area contributed by atoms with Gasteiger partial charge < -0.3 is 14.8 Å². The lowest BCUT2D eigenvalue weighted by molar-refractivity contribution is -0.112. The lowest BCUT2D eigenvalue weighted by Gasteiger charge is -2.08. The molecular weight excluding hydrogens is 427 g/mol. The molecule has 8 heteroatoms. The van der Waals surface area contributed by atoms with Crippen LogP contribution < -0.4 is 5.32 Å². The molecule has 2 aromatic carbocycles. The van der Waals surface area contributed by atoms with Crippen molar-refractivity contribution in [2.24, 2.45) is 0 Å². The summed E-state index contributed by atoms with van der Waals surface area (Å²) in [5.41, 5.74) is 1.45. The first-order chi connectivity index (χ1) is 14.3. The fraction of sp³-hybridized carbons (Fsp3) is 0.0455. The van der Waals surface area contributed by atoms with E-state index in [1.165, 1.54) is 18.2 Å². The van der Waals surface area contributed by atoms with Crippen molar-refractivity contribution in [3.8, 4) is 17.4 Å². The molecule has 0 spiro atoms. The number of carbonyl (C=O) groups excluding carboxylic acids is 1. The van der Waals surface area contributed by atoms with Crippen molar-refractivity contribution in [3.63, 3.8) is 0 Å². The van der Waals surface area contributed by atoms with Gasteiger partial charge in [-0.2, -0.15) is 5.26 Å². The van der Waals surface area contributed by atoms with E-state index in [0.717, 1.165) is 0 Å². The summed E-state index contributed by atoms with van der Waals surface area (Å²) in [5, 5.41) is 21.8. The summed E-state index contributed by atoms with van der Waals surface area (Å²) < 4.78 is 5.66. The third-order valence-corrected chi connectivity index (χ3v) is 5.01. The maximum absolute atomic E-state index is 12.5. The summed E-state index contributed by atoms with van der Waals surface area (Å²) >= 11 is 11.9. The van der Waals surface area contributed by atoms with Gasteiger partial charge in [-0.3, -0.25) is 4.79 Å². The van der Waals surface area contributed by atoms with E-state index < -0.39 is 11.9 Å². The number of amides is 1. The van der Waals surface area contributed by atoms with Gasteiger partial charge in [0.15, 0.2) is 0 Å². The Balaban J connectivity index is 1.86. The van der Waals surface area contributed by atoms with Crippen molar-refractivity contribution in [2.75, 3.05) is 5.32 Å². The van der Waals surface area contributed by atoms with E-state index in [9.17, 15) is 20.0 Å². The zero-order valence-corrected chi connectivity index (χ0v) is 17.1. The van der Waals surface area contributed by atoms with Gasteiger partial charge in [-0.25, -0.2) is 4.79 Å². The van der Waals surface area contributed by atoms with Crippen LogP contribution in [0.1, 0.15) is 21.7 Å². The number of carbonyl (C=O) groups is 2. The molecule has 3 aromatic rings. The molecular formula is C22H14Cl2N2O4. The Morgan fingerprint density at radius 1 is 1.13 bits per heavy atom. The van der Waals surface area contributed by atoms with Gasteiger partial charge in [0, 0.05) is 22.3 Å². The number of furan rings is 1. The molecule has 2 N–H and O–H groups in total. The van der Waals surface area contributed by atoms with Gasteiger partial charge in [0.2, 0.25) is 0 Å². The van der Waals surface area contributed by atoms with Gasteiger partial charge in [-0.15, -0.1) is 0 Å². The fourth-order valence-electron chi connectivity index (χ4n) is 2.65. The lowest BCUT2D eigenvalue weighted by Crippen LogP contribution is -2.14. The van der Waals surface area contributed by atoms with E-state index >= 15 is 0 Å². The van der Waals surface area contributed by atoms with Crippen LogP contribution in [-0.4, -0.2) is 17.0 Å². The molecule has 0 fully saturated rings. The second-order valence-corrected chi connectivity index (χ2v) is 7.05. The minimum Gasteiger partial charge on any atom is -0.478 e. The first-order valence-electron chi connectivity index (χ1n) is 8.61. The standard InChI is InChI=1S/C22H14Cl2N2O4/c1-12-17(23)3-2-4-19(12)26-21(27)14(11-25)9-15-6-8-20(30-15)13-5-7-18(24)16(10-13)22(28)29/h2-10H,1H3,(H,26,27)(H,28,29)/b14-9+. The van der Waals surface area contributed by atoms with Crippen LogP contribution in [0.3, 0.4) is 0 Å². The number of rotatable bonds is 5. The van der Waals surface area contributed by atoms with Gasteiger partial charge in [0.25, 0.3) is 5.91 Å². The predicted octanol–water partition coefficient (Wildman–Crippen LogP) is 5.81. The van der Waals surface area contributed by atoms with Crippen molar-refractivity contribution in [1.29, 1.82) is 5.26 Å². The van der Waals surface area contributed by atoms with E-state index in [1.807, 2.05) is 6.07 Å². The Labute approximate surface area is 182 Å². The van der Waals surface area contributed by atoms with Crippen molar-refractivity contribution >= 4 is 46.8 Å². The number of carboxylic acid groups (broad SMARTS) is 1. The molecule has 0 unspecified atom stereocenters. The van der Waals surface area contributed by atoms with Crippen molar-refractivity contribution in [1.82, 2.24) is 0 Å². The minimum atomic E-state index is -1.16. The van der Waals surface area contributed by atoms with E-state index in [1.54, 1.807) is 43.3 Å². The van der Waals surface area contributed by atoms with Gasteiger partial charge in [-0.05, 0) is 55.0 Å². The van der Waals surface area contributed by atoms with E-state index in [2.05, 4.69) is 5.32 Å². The summed E-state index contributed by atoms with van der Waals surface area (Å²) in [4.78, 5) is 23.7. The van der Waals surface area contributed by atoms with Crippen LogP contribution in [0.25, 0.3) is 17.4 Å². The largest absolute Gasteiger partial charge is 0.478 e. The smallest absolute Gasteiger partial charge is 0.337 e. The molecule has 3 rings (SSSR count). The first kappa shape index (κ1) is 21.2. The highest BCUT2D eigenvalue weighted by Crippen LogP contribution is 2.28. The average molecular weight is 441 g/mol. The van der Waals surface area contributed by atoms with Crippen LogP contribution in [0.5, 0.6) is 0 Å². The van der Waals surface area contributed by atoms with Crippen LogP contribution in [-0.2, 0) is 4.79 Å². The molecule has 150 valence electrons. The predicted molar refractivity (Wildman–Crippen MR) is 115 cm³/mol. The third kappa shape index (κ3) is 4.54. The van der Waals surface area contributed by atoms with Gasteiger partial charge >= 0.3 is 5.97 Å². The van der Waals surface area contributed by atoms with E-state index in [0.29, 0.717) is 27.6 Å². The molecule has 0 radical (unpaired) electrons. The number of nitrogens with zero attached hydrogens (tertiary/aromatic N) is 1. The summed E-state index contributed by atoms with van der Waals surface area (Å²) in [7, 11) is 0. The molecule has 1 amide bonds. The Morgan fingerprint density at radius 3 is 2.60 bits per heavy atom. The van der Waals surface area contributed by atoms with E-state index in [-0.39, 0.29) is 21.9 Å². The lowest BCUT2D eigenvalue weighted by atomic mass is 10.1. The Bertz CT molecular complexity index is 1220. The van der Waals surface area contributed by atoms with Crippen molar-refractivity contribution in [3.05, 3.63) is 81.0 Å². The van der Waals surface area contributed by atoms with Gasteiger partial charge in [-0.1, -0.05) is 29.3 Å². The van der Waals surface area contributed by atoms with Gasteiger partial charge in [0.1, 0.15) is 23.2 Å². The number of nitrogens with one attached hydrogen (secondary N) is 1. The molecule has 1 heterocycles. The highest BCUT2D eigenvalue weighted by Gasteiger charge is 2.15. The number of halogens is 2. The summed E-state index contributed by atoms with van der Waals surface area (Å²) in [5.74, 6) is -1.15. The molecule has 0 saturated carbocycles. The third-order valence-electron chi connectivity index (χ3n) is 4.28. The van der Waals surface area contributed by atoms with Crippen LogP contribution in [0.2, 0.25) is 10.0 Å². The number of benzene rings is 2. The monoisotopic (exact) mass is 440 g/mol. The average Bonchev–Trinajstić information content (AvgIpc) is 3.18. The molecule has 0 aliphatic heterocycles. The van der Waals surface area contributed by atoms with Gasteiger partial charge in [0.05, 0.1) is 10.6 Å². The summed E-state index contributed by atoms with van der Waals surface area (Å²) in [6, 6.07) is 14.5. The molecule has 0 atom stereocenters.